The van der Waals surface area contributed by atoms with E-state index >= 15 is 0 Å². The molecule has 0 atom stereocenters. The molecule has 34 heavy (non-hydrogen) atoms. The molecule has 0 aliphatic heterocycles. The van der Waals surface area contributed by atoms with E-state index in [0.717, 1.165) is 4.47 Å². The lowest BCUT2D eigenvalue weighted by molar-refractivity contribution is -0.124. The normalized spacial score (nSPS) is 10.3. The minimum Gasteiger partial charge on any atom is -0.497 e. The largest absolute Gasteiger partial charge is 0.497 e. The highest BCUT2D eigenvalue weighted by Gasteiger charge is 2.20. The maximum atomic E-state index is 13.3. The molecule has 0 aliphatic carbocycles. The number of hydrogen-bond donors (Lipinski definition) is 2. The topological polar surface area (TPSA) is 87.7 Å². The average molecular weight is 528 g/mol. The number of methoxy groups -OCH3 is 1. The Labute approximate surface area is 205 Å². The van der Waals surface area contributed by atoms with Gasteiger partial charge in [-0.25, -0.2) is 4.39 Å². The fourth-order valence-electron chi connectivity index (χ4n) is 3.10. The van der Waals surface area contributed by atoms with E-state index in [1.807, 2.05) is 0 Å². The monoisotopic (exact) mass is 527 g/mol. The fraction of sp³-hybridized carbons (Fsp3) is 0.160. The summed E-state index contributed by atoms with van der Waals surface area (Å²) in [5.41, 5.74) is 1.61. The first-order chi connectivity index (χ1) is 16.3. The minimum atomic E-state index is -0.504. The van der Waals surface area contributed by atoms with Gasteiger partial charge in [-0.1, -0.05) is 34.1 Å². The second-order valence-corrected chi connectivity index (χ2v) is 8.27. The maximum Gasteiger partial charge on any atom is 0.254 e. The Morgan fingerprint density at radius 3 is 2.32 bits per heavy atom. The SMILES string of the molecule is COc1ccc(NC(=O)CNC(=O)CN(Cc2ccc(F)cc2)C(=O)c2cccc(Br)c2)cc1. The number of carbonyl (C=O) groups excluding carboxylic acids is 3. The number of carbonyl (C=O) groups is 3. The van der Waals surface area contributed by atoms with Crippen molar-refractivity contribution in [1.29, 1.82) is 0 Å². The van der Waals surface area contributed by atoms with Crippen LogP contribution in [0, 0.1) is 5.82 Å². The molecule has 0 bridgehead atoms. The second kappa shape index (κ2) is 11.9. The number of ether oxygens (including phenoxy) is 1. The van der Waals surface area contributed by atoms with Crippen molar-refractivity contribution in [3.8, 4) is 5.75 Å². The number of nitrogens with zero attached hydrogens (tertiary/aromatic N) is 1. The van der Waals surface area contributed by atoms with Crippen molar-refractivity contribution in [2.45, 2.75) is 6.54 Å². The Morgan fingerprint density at radius 1 is 0.971 bits per heavy atom. The molecule has 3 amide bonds. The predicted molar refractivity (Wildman–Crippen MR) is 130 cm³/mol. The summed E-state index contributed by atoms with van der Waals surface area (Å²) < 4.78 is 19.1. The summed E-state index contributed by atoms with van der Waals surface area (Å²) >= 11 is 3.34. The summed E-state index contributed by atoms with van der Waals surface area (Å²) in [7, 11) is 1.55. The standard InChI is InChI=1S/C25H23BrFN3O4/c1-34-22-11-9-21(10-12-22)29-23(31)14-28-24(32)16-30(15-17-5-7-20(27)8-6-17)25(33)18-3-2-4-19(26)13-18/h2-13H,14-16H2,1H3,(H,28,32)(H,29,31). The third kappa shape index (κ3) is 7.41. The lowest BCUT2D eigenvalue weighted by atomic mass is 10.1. The molecule has 2 N–H and O–H groups in total. The Balaban J connectivity index is 1.63. The lowest BCUT2D eigenvalue weighted by Gasteiger charge is -2.22. The van der Waals surface area contributed by atoms with Gasteiger partial charge in [0, 0.05) is 22.3 Å². The summed E-state index contributed by atoms with van der Waals surface area (Å²) in [6.45, 7) is -0.448. The maximum absolute atomic E-state index is 13.3. The van der Waals surface area contributed by atoms with Gasteiger partial charge in [-0.2, -0.15) is 0 Å². The van der Waals surface area contributed by atoms with Gasteiger partial charge in [-0.05, 0) is 60.2 Å². The van der Waals surface area contributed by atoms with Gasteiger partial charge >= 0.3 is 0 Å². The van der Waals surface area contributed by atoms with E-state index < -0.39 is 17.6 Å². The van der Waals surface area contributed by atoms with E-state index in [1.165, 1.54) is 17.0 Å². The molecule has 3 rings (SSSR count). The van der Waals surface area contributed by atoms with Crippen molar-refractivity contribution < 1.29 is 23.5 Å². The summed E-state index contributed by atoms with van der Waals surface area (Å²) in [6.07, 6.45) is 0. The van der Waals surface area contributed by atoms with Crippen LogP contribution in [0.2, 0.25) is 0 Å². The number of anilines is 1. The molecule has 0 saturated heterocycles. The van der Waals surface area contributed by atoms with Crippen LogP contribution < -0.4 is 15.4 Å². The van der Waals surface area contributed by atoms with Crippen LogP contribution in [-0.4, -0.2) is 42.8 Å². The molecule has 0 heterocycles. The summed E-state index contributed by atoms with van der Waals surface area (Å²) in [5, 5.41) is 5.20. The van der Waals surface area contributed by atoms with E-state index in [1.54, 1.807) is 67.8 Å². The minimum absolute atomic E-state index is 0.0943. The predicted octanol–water partition coefficient (Wildman–Crippen LogP) is 3.99. The van der Waals surface area contributed by atoms with Gasteiger partial charge in [0.1, 0.15) is 18.1 Å². The van der Waals surface area contributed by atoms with Crippen molar-refractivity contribution in [2.24, 2.45) is 0 Å². The number of nitrogens with one attached hydrogen (secondary N) is 2. The van der Waals surface area contributed by atoms with Crippen molar-refractivity contribution >= 4 is 39.3 Å². The lowest BCUT2D eigenvalue weighted by Crippen LogP contribution is -2.42. The van der Waals surface area contributed by atoms with Crippen molar-refractivity contribution in [3.05, 3.63) is 94.2 Å². The average Bonchev–Trinajstić information content (AvgIpc) is 2.83. The summed E-state index contributed by atoms with van der Waals surface area (Å²) in [6, 6.07) is 19.3. The number of halogens is 2. The molecular weight excluding hydrogens is 505 g/mol. The molecular formula is C25H23BrFN3O4. The molecule has 0 aliphatic rings. The van der Waals surface area contributed by atoms with E-state index in [2.05, 4.69) is 26.6 Å². The van der Waals surface area contributed by atoms with Gasteiger partial charge in [0.25, 0.3) is 5.91 Å². The van der Waals surface area contributed by atoms with Crippen LogP contribution in [0.3, 0.4) is 0 Å². The van der Waals surface area contributed by atoms with Crippen LogP contribution in [-0.2, 0) is 16.1 Å². The quantitative estimate of drug-likeness (QED) is 0.440. The van der Waals surface area contributed by atoms with E-state index in [4.69, 9.17) is 4.74 Å². The number of hydrogen-bond acceptors (Lipinski definition) is 4. The van der Waals surface area contributed by atoms with E-state index in [-0.39, 0.29) is 25.5 Å². The van der Waals surface area contributed by atoms with Crippen LogP contribution in [0.4, 0.5) is 10.1 Å². The first-order valence-electron chi connectivity index (χ1n) is 10.3. The number of amides is 3. The molecule has 7 nitrogen and oxygen atoms in total. The molecule has 176 valence electrons. The van der Waals surface area contributed by atoms with E-state index in [0.29, 0.717) is 22.6 Å². The van der Waals surface area contributed by atoms with Crippen LogP contribution >= 0.6 is 15.9 Å². The Kier molecular flexibility index (Phi) is 8.75. The molecule has 0 radical (unpaired) electrons. The Bertz CT molecular complexity index is 1150. The molecule has 0 spiro atoms. The van der Waals surface area contributed by atoms with Crippen LogP contribution in [0.5, 0.6) is 5.75 Å². The molecule has 0 unspecified atom stereocenters. The molecule has 3 aromatic carbocycles. The first kappa shape index (κ1) is 24.9. The molecule has 0 fully saturated rings. The zero-order valence-corrected chi connectivity index (χ0v) is 20.0. The van der Waals surface area contributed by atoms with Crippen LogP contribution in [0.15, 0.2) is 77.3 Å². The number of benzene rings is 3. The van der Waals surface area contributed by atoms with Crippen LogP contribution in [0.25, 0.3) is 0 Å². The smallest absolute Gasteiger partial charge is 0.254 e. The van der Waals surface area contributed by atoms with Gasteiger partial charge in [0.15, 0.2) is 0 Å². The third-order valence-electron chi connectivity index (χ3n) is 4.80. The highest BCUT2D eigenvalue weighted by Crippen LogP contribution is 2.16. The Hall–Kier alpha value is -3.72. The third-order valence-corrected chi connectivity index (χ3v) is 5.29. The summed E-state index contributed by atoms with van der Waals surface area (Å²) in [5.74, 6) is -1.03. The highest BCUT2D eigenvalue weighted by molar-refractivity contribution is 9.10. The zero-order valence-electron chi connectivity index (χ0n) is 18.4. The van der Waals surface area contributed by atoms with Crippen molar-refractivity contribution in [1.82, 2.24) is 10.2 Å². The first-order valence-corrected chi connectivity index (χ1v) is 11.1. The molecule has 0 saturated carbocycles. The zero-order chi connectivity index (χ0) is 24.5. The van der Waals surface area contributed by atoms with Crippen molar-refractivity contribution in [2.75, 3.05) is 25.5 Å². The van der Waals surface area contributed by atoms with Crippen molar-refractivity contribution in [3.63, 3.8) is 0 Å². The van der Waals surface area contributed by atoms with Gasteiger partial charge in [0.2, 0.25) is 11.8 Å². The fourth-order valence-corrected chi connectivity index (χ4v) is 3.50. The van der Waals surface area contributed by atoms with Crippen LogP contribution in [0.1, 0.15) is 15.9 Å². The Morgan fingerprint density at radius 2 is 1.68 bits per heavy atom. The second-order valence-electron chi connectivity index (χ2n) is 7.35. The number of rotatable bonds is 9. The van der Waals surface area contributed by atoms with Gasteiger partial charge < -0.3 is 20.3 Å². The van der Waals surface area contributed by atoms with Gasteiger partial charge in [-0.3, -0.25) is 14.4 Å². The van der Waals surface area contributed by atoms with Gasteiger partial charge in [-0.15, -0.1) is 0 Å². The van der Waals surface area contributed by atoms with Gasteiger partial charge in [0.05, 0.1) is 13.7 Å². The molecule has 3 aromatic rings. The molecule has 0 aromatic heterocycles. The highest BCUT2D eigenvalue weighted by atomic mass is 79.9. The summed E-state index contributed by atoms with van der Waals surface area (Å²) in [4.78, 5) is 39.2. The molecule has 9 heteroatoms. The van der Waals surface area contributed by atoms with E-state index in [9.17, 15) is 18.8 Å².